The molecule has 2 amide bonds. The number of hydrogen-bond acceptors (Lipinski definition) is 4. The average molecular weight is 421 g/mol. The molecule has 0 aliphatic heterocycles. The van der Waals surface area contributed by atoms with E-state index in [1.165, 1.54) is 36.4 Å². The van der Waals surface area contributed by atoms with Crippen molar-refractivity contribution in [2.45, 2.75) is 31.2 Å². The molecule has 0 aliphatic rings. The van der Waals surface area contributed by atoms with Crippen LogP contribution in [0.4, 0.5) is 4.39 Å². The lowest BCUT2D eigenvalue weighted by atomic mass is 10.0. The van der Waals surface area contributed by atoms with Crippen LogP contribution in [0, 0.1) is 11.7 Å². The summed E-state index contributed by atoms with van der Waals surface area (Å²) in [7, 11) is -3.74. The Morgan fingerprint density at radius 3 is 2.14 bits per heavy atom. The molecular weight excluding hydrogens is 397 g/mol. The Balaban J connectivity index is 1.92. The fraction of sp³-hybridized carbons (Fsp3) is 0.300. The number of rotatable bonds is 8. The van der Waals surface area contributed by atoms with Crippen molar-refractivity contribution in [1.82, 2.24) is 10.6 Å². The van der Waals surface area contributed by atoms with Gasteiger partial charge in [-0.3, -0.25) is 9.59 Å². The number of carbonyl (C=O) groups excluding carboxylic acids is 2. The number of amides is 2. The molecule has 0 bridgehead atoms. The molecule has 1 atom stereocenters. The zero-order valence-electron chi connectivity index (χ0n) is 16.2. The van der Waals surface area contributed by atoms with E-state index in [0.717, 1.165) is 5.56 Å². The number of halogens is 1. The van der Waals surface area contributed by atoms with Gasteiger partial charge in [-0.15, -0.1) is 0 Å². The molecule has 0 saturated heterocycles. The molecule has 29 heavy (non-hydrogen) atoms. The molecule has 156 valence electrons. The molecule has 0 heterocycles. The van der Waals surface area contributed by atoms with E-state index in [-0.39, 0.29) is 22.3 Å². The van der Waals surface area contributed by atoms with Crippen LogP contribution in [0.3, 0.4) is 0 Å². The van der Waals surface area contributed by atoms with Crippen LogP contribution < -0.4 is 15.8 Å². The summed E-state index contributed by atoms with van der Waals surface area (Å²) in [6.45, 7) is 3.92. The van der Waals surface area contributed by atoms with Gasteiger partial charge in [-0.25, -0.2) is 17.9 Å². The number of nitrogens with one attached hydrogen (secondary N) is 2. The Labute approximate surface area is 169 Å². The number of primary sulfonamides is 1. The predicted octanol–water partition coefficient (Wildman–Crippen LogP) is 1.59. The topological polar surface area (TPSA) is 118 Å². The monoisotopic (exact) mass is 421 g/mol. The average Bonchev–Trinajstić information content (AvgIpc) is 2.65. The SMILES string of the molecule is CC(C)C(NC(=O)c1ccc(F)cc1)C(=O)NCCc1ccc(S(N)(=O)=O)cc1. The molecule has 1 unspecified atom stereocenters. The van der Waals surface area contributed by atoms with Crippen molar-refractivity contribution in [2.75, 3.05) is 6.54 Å². The van der Waals surface area contributed by atoms with Gasteiger partial charge in [-0.2, -0.15) is 0 Å². The third-order valence-electron chi connectivity index (χ3n) is 4.31. The minimum Gasteiger partial charge on any atom is -0.354 e. The molecule has 2 aromatic rings. The van der Waals surface area contributed by atoms with Gasteiger partial charge in [0.05, 0.1) is 4.90 Å². The molecule has 0 spiro atoms. The third-order valence-corrected chi connectivity index (χ3v) is 5.24. The summed E-state index contributed by atoms with van der Waals surface area (Å²) in [4.78, 5) is 24.8. The van der Waals surface area contributed by atoms with E-state index in [2.05, 4.69) is 10.6 Å². The van der Waals surface area contributed by atoms with Crippen molar-refractivity contribution in [1.29, 1.82) is 0 Å². The molecular formula is C20H24FN3O4S. The van der Waals surface area contributed by atoms with E-state index in [9.17, 15) is 22.4 Å². The first-order chi connectivity index (χ1) is 13.6. The van der Waals surface area contributed by atoms with Crippen molar-refractivity contribution >= 4 is 21.8 Å². The maximum atomic E-state index is 13.0. The molecule has 2 rings (SSSR count). The lowest BCUT2D eigenvalue weighted by Crippen LogP contribution is -2.50. The van der Waals surface area contributed by atoms with Crippen LogP contribution in [-0.2, 0) is 21.2 Å². The summed E-state index contributed by atoms with van der Waals surface area (Å²) < 4.78 is 35.5. The third kappa shape index (κ3) is 6.65. The summed E-state index contributed by atoms with van der Waals surface area (Å²) in [5.41, 5.74) is 1.09. The van der Waals surface area contributed by atoms with Gasteiger partial charge >= 0.3 is 0 Å². The van der Waals surface area contributed by atoms with E-state index in [0.29, 0.717) is 13.0 Å². The molecule has 0 aromatic heterocycles. The molecule has 2 aromatic carbocycles. The van der Waals surface area contributed by atoms with Gasteiger partial charge in [0.1, 0.15) is 11.9 Å². The Morgan fingerprint density at radius 1 is 1.03 bits per heavy atom. The Kier molecular flexibility index (Phi) is 7.46. The lowest BCUT2D eigenvalue weighted by Gasteiger charge is -2.22. The molecule has 4 N–H and O–H groups in total. The summed E-state index contributed by atoms with van der Waals surface area (Å²) in [6.07, 6.45) is 0.480. The van der Waals surface area contributed by atoms with Gasteiger partial charge in [0.15, 0.2) is 0 Å². The van der Waals surface area contributed by atoms with Crippen LogP contribution in [0.1, 0.15) is 29.8 Å². The second-order valence-electron chi connectivity index (χ2n) is 6.93. The van der Waals surface area contributed by atoms with Crippen molar-refractivity contribution in [3.05, 3.63) is 65.5 Å². The zero-order valence-corrected chi connectivity index (χ0v) is 17.0. The highest BCUT2D eigenvalue weighted by atomic mass is 32.2. The number of nitrogens with two attached hydrogens (primary N) is 1. The fourth-order valence-electron chi connectivity index (χ4n) is 2.65. The zero-order chi connectivity index (χ0) is 21.6. The van der Waals surface area contributed by atoms with Gasteiger partial charge in [0, 0.05) is 12.1 Å². The molecule has 0 radical (unpaired) electrons. The summed E-state index contributed by atoms with van der Waals surface area (Å²) in [5, 5.41) is 10.5. The molecule has 0 fully saturated rings. The molecule has 0 saturated carbocycles. The van der Waals surface area contributed by atoms with Crippen molar-refractivity contribution in [2.24, 2.45) is 11.1 Å². The van der Waals surface area contributed by atoms with Crippen LogP contribution in [0.2, 0.25) is 0 Å². The van der Waals surface area contributed by atoms with Gasteiger partial charge in [0.2, 0.25) is 15.9 Å². The predicted molar refractivity (Wildman–Crippen MR) is 107 cm³/mol. The standard InChI is InChI=1S/C20H24FN3O4S/c1-13(2)18(24-19(25)15-5-7-16(21)8-6-15)20(26)23-12-11-14-3-9-17(10-4-14)29(22,27)28/h3-10,13,18H,11-12H2,1-2H3,(H,23,26)(H,24,25)(H2,22,27,28). The quantitative estimate of drug-likeness (QED) is 0.600. The van der Waals surface area contributed by atoms with Gasteiger partial charge in [-0.1, -0.05) is 26.0 Å². The second-order valence-corrected chi connectivity index (χ2v) is 8.49. The summed E-state index contributed by atoms with van der Waals surface area (Å²) >= 11 is 0. The highest BCUT2D eigenvalue weighted by Gasteiger charge is 2.24. The maximum Gasteiger partial charge on any atom is 0.251 e. The van der Waals surface area contributed by atoms with E-state index < -0.39 is 27.8 Å². The Morgan fingerprint density at radius 2 is 1.62 bits per heavy atom. The van der Waals surface area contributed by atoms with Crippen LogP contribution in [0.25, 0.3) is 0 Å². The van der Waals surface area contributed by atoms with Crippen molar-refractivity contribution in [3.63, 3.8) is 0 Å². The summed E-state index contributed by atoms with van der Waals surface area (Å²) in [5.74, 6) is -1.40. The van der Waals surface area contributed by atoms with Crippen molar-refractivity contribution in [3.8, 4) is 0 Å². The van der Waals surface area contributed by atoms with Crippen molar-refractivity contribution < 1.29 is 22.4 Å². The number of benzene rings is 2. The smallest absolute Gasteiger partial charge is 0.251 e. The molecule has 7 nitrogen and oxygen atoms in total. The first kappa shape index (κ1) is 22.5. The summed E-state index contributed by atoms with van der Waals surface area (Å²) in [6, 6.07) is 10.4. The Bertz CT molecular complexity index is 958. The van der Waals surface area contributed by atoms with E-state index in [1.807, 2.05) is 0 Å². The normalized spacial score (nSPS) is 12.4. The lowest BCUT2D eigenvalue weighted by molar-refractivity contribution is -0.123. The number of sulfonamides is 1. The Hall–Kier alpha value is -2.78. The fourth-order valence-corrected chi connectivity index (χ4v) is 3.16. The second kappa shape index (κ2) is 9.62. The highest BCUT2D eigenvalue weighted by molar-refractivity contribution is 7.89. The molecule has 0 aliphatic carbocycles. The molecule has 9 heteroatoms. The van der Waals surface area contributed by atoms with E-state index in [4.69, 9.17) is 5.14 Å². The van der Waals surface area contributed by atoms with Crippen LogP contribution in [0.5, 0.6) is 0 Å². The van der Waals surface area contributed by atoms with Crippen LogP contribution in [0.15, 0.2) is 53.4 Å². The first-order valence-electron chi connectivity index (χ1n) is 9.04. The largest absolute Gasteiger partial charge is 0.354 e. The van der Waals surface area contributed by atoms with Gasteiger partial charge in [-0.05, 0) is 54.3 Å². The maximum absolute atomic E-state index is 13.0. The van der Waals surface area contributed by atoms with Gasteiger partial charge in [0.25, 0.3) is 5.91 Å². The van der Waals surface area contributed by atoms with Crippen LogP contribution >= 0.6 is 0 Å². The van der Waals surface area contributed by atoms with Crippen LogP contribution in [-0.4, -0.2) is 32.8 Å². The van der Waals surface area contributed by atoms with E-state index in [1.54, 1.807) is 26.0 Å². The first-order valence-corrected chi connectivity index (χ1v) is 10.6. The number of carbonyl (C=O) groups is 2. The van der Waals surface area contributed by atoms with E-state index >= 15 is 0 Å². The minimum absolute atomic E-state index is 0.0219. The minimum atomic E-state index is -3.74. The number of hydrogen-bond donors (Lipinski definition) is 3. The highest BCUT2D eigenvalue weighted by Crippen LogP contribution is 2.10. The van der Waals surface area contributed by atoms with Gasteiger partial charge < -0.3 is 10.6 Å².